The van der Waals surface area contributed by atoms with Gasteiger partial charge in [0.15, 0.2) is 0 Å². The van der Waals surface area contributed by atoms with Crippen LogP contribution in [0.1, 0.15) is 18.1 Å². The topological polar surface area (TPSA) is 54.2 Å². The fourth-order valence-electron chi connectivity index (χ4n) is 2.32. The Morgan fingerprint density at radius 3 is 2.32 bits per heavy atom. The zero-order valence-corrected chi connectivity index (χ0v) is 14.1. The predicted molar refractivity (Wildman–Crippen MR) is 98.9 cm³/mol. The summed E-state index contributed by atoms with van der Waals surface area (Å²) in [6, 6.07) is 22.7. The molecule has 0 amide bonds. The Hall–Kier alpha value is -3.14. The van der Waals surface area contributed by atoms with Crippen molar-refractivity contribution < 1.29 is 9.84 Å². The number of nitrogens with zero attached hydrogens (tertiary/aromatic N) is 2. The molecule has 0 atom stereocenters. The standard InChI is InChI=1S/C21H20N2O2/c1-2-16-8-10-18(11-9-16)22-23-20-14-19(12-13-21(20)24)25-15-17-6-4-3-5-7-17/h3-14,24H,2,15H2,1H3. The predicted octanol–water partition coefficient (Wildman–Crippen LogP) is 5.95. The van der Waals surface area contributed by atoms with Crippen molar-refractivity contribution in [2.45, 2.75) is 20.0 Å². The van der Waals surface area contributed by atoms with Gasteiger partial charge in [-0.2, -0.15) is 5.11 Å². The van der Waals surface area contributed by atoms with E-state index in [2.05, 4.69) is 17.2 Å². The van der Waals surface area contributed by atoms with Gasteiger partial charge in [-0.15, -0.1) is 5.11 Å². The van der Waals surface area contributed by atoms with Crippen LogP contribution in [0.4, 0.5) is 11.4 Å². The van der Waals surface area contributed by atoms with Crippen LogP contribution in [0.15, 0.2) is 83.0 Å². The van der Waals surface area contributed by atoms with Crippen LogP contribution in [0.25, 0.3) is 0 Å². The molecular weight excluding hydrogens is 312 g/mol. The van der Waals surface area contributed by atoms with Gasteiger partial charge in [0.05, 0.1) is 5.69 Å². The second-order valence-corrected chi connectivity index (χ2v) is 5.64. The molecule has 0 fully saturated rings. The minimum atomic E-state index is 0.0704. The highest BCUT2D eigenvalue weighted by Gasteiger charge is 2.04. The van der Waals surface area contributed by atoms with Crippen LogP contribution in [0.5, 0.6) is 11.5 Å². The fraction of sp³-hybridized carbons (Fsp3) is 0.143. The molecule has 0 aliphatic rings. The molecule has 3 aromatic carbocycles. The Morgan fingerprint density at radius 1 is 0.840 bits per heavy atom. The van der Waals surface area contributed by atoms with E-state index in [0.717, 1.165) is 17.7 Å². The fourth-order valence-corrected chi connectivity index (χ4v) is 2.32. The molecule has 3 aromatic rings. The van der Waals surface area contributed by atoms with Gasteiger partial charge < -0.3 is 9.84 Å². The van der Waals surface area contributed by atoms with Crippen molar-refractivity contribution in [1.29, 1.82) is 0 Å². The number of hydrogen-bond donors (Lipinski definition) is 1. The first-order valence-electron chi connectivity index (χ1n) is 8.25. The summed E-state index contributed by atoms with van der Waals surface area (Å²) in [5, 5.41) is 18.3. The van der Waals surface area contributed by atoms with Gasteiger partial charge in [-0.3, -0.25) is 0 Å². The smallest absolute Gasteiger partial charge is 0.143 e. The summed E-state index contributed by atoms with van der Waals surface area (Å²) in [5.41, 5.74) is 3.45. The molecule has 0 aliphatic carbocycles. The normalized spacial score (nSPS) is 10.9. The van der Waals surface area contributed by atoms with Gasteiger partial charge in [0.25, 0.3) is 0 Å². The largest absolute Gasteiger partial charge is 0.506 e. The van der Waals surface area contributed by atoms with Crippen LogP contribution >= 0.6 is 0 Å². The van der Waals surface area contributed by atoms with Crippen molar-refractivity contribution in [3.8, 4) is 11.5 Å². The first kappa shape index (κ1) is 16.7. The Morgan fingerprint density at radius 2 is 1.60 bits per heavy atom. The zero-order chi connectivity index (χ0) is 17.5. The van der Waals surface area contributed by atoms with Crippen LogP contribution < -0.4 is 4.74 Å². The van der Waals surface area contributed by atoms with E-state index in [1.54, 1.807) is 18.2 Å². The minimum absolute atomic E-state index is 0.0704. The maximum atomic E-state index is 9.97. The lowest BCUT2D eigenvalue weighted by atomic mass is 10.2. The van der Waals surface area contributed by atoms with E-state index in [9.17, 15) is 5.11 Å². The molecule has 4 nitrogen and oxygen atoms in total. The number of rotatable bonds is 6. The molecule has 1 N–H and O–H groups in total. The van der Waals surface area contributed by atoms with Crippen molar-refractivity contribution in [2.75, 3.05) is 0 Å². The Kier molecular flexibility index (Phi) is 5.42. The summed E-state index contributed by atoms with van der Waals surface area (Å²) in [7, 11) is 0. The molecule has 0 saturated carbocycles. The number of azo groups is 1. The van der Waals surface area contributed by atoms with E-state index in [1.165, 1.54) is 5.56 Å². The van der Waals surface area contributed by atoms with Crippen molar-refractivity contribution in [1.82, 2.24) is 0 Å². The molecule has 0 spiro atoms. The molecule has 0 saturated heterocycles. The lowest BCUT2D eigenvalue weighted by Crippen LogP contribution is -1.94. The molecule has 0 bridgehead atoms. The van der Waals surface area contributed by atoms with E-state index >= 15 is 0 Å². The average Bonchev–Trinajstić information content (AvgIpc) is 2.67. The first-order valence-corrected chi connectivity index (χ1v) is 8.25. The molecule has 126 valence electrons. The number of hydrogen-bond acceptors (Lipinski definition) is 4. The monoisotopic (exact) mass is 332 g/mol. The molecule has 0 heterocycles. The van der Waals surface area contributed by atoms with Gasteiger partial charge in [-0.05, 0) is 41.8 Å². The number of phenols is 1. The Balaban J connectivity index is 1.71. The van der Waals surface area contributed by atoms with E-state index < -0.39 is 0 Å². The minimum Gasteiger partial charge on any atom is -0.506 e. The van der Waals surface area contributed by atoms with Crippen LogP contribution in [0, 0.1) is 0 Å². The molecule has 3 rings (SSSR count). The highest BCUT2D eigenvalue weighted by Crippen LogP contribution is 2.32. The van der Waals surface area contributed by atoms with Gasteiger partial charge in [0, 0.05) is 6.07 Å². The lowest BCUT2D eigenvalue weighted by molar-refractivity contribution is 0.306. The molecule has 0 aromatic heterocycles. The molecule has 0 radical (unpaired) electrons. The Bertz CT molecular complexity index is 844. The van der Waals surface area contributed by atoms with Gasteiger partial charge in [0.1, 0.15) is 23.8 Å². The molecule has 0 aliphatic heterocycles. The molecule has 0 unspecified atom stereocenters. The van der Waals surface area contributed by atoms with Crippen molar-refractivity contribution in [2.24, 2.45) is 10.2 Å². The maximum absolute atomic E-state index is 9.97. The number of benzene rings is 3. The van der Waals surface area contributed by atoms with Gasteiger partial charge >= 0.3 is 0 Å². The van der Waals surface area contributed by atoms with Crippen LogP contribution in [0.3, 0.4) is 0 Å². The van der Waals surface area contributed by atoms with Gasteiger partial charge in [-0.25, -0.2) is 0 Å². The van der Waals surface area contributed by atoms with E-state index in [4.69, 9.17) is 4.74 Å². The van der Waals surface area contributed by atoms with Crippen molar-refractivity contribution >= 4 is 11.4 Å². The van der Waals surface area contributed by atoms with E-state index in [1.807, 2.05) is 54.6 Å². The van der Waals surface area contributed by atoms with Crippen molar-refractivity contribution in [3.63, 3.8) is 0 Å². The molecular formula is C21H20N2O2. The maximum Gasteiger partial charge on any atom is 0.143 e. The summed E-state index contributed by atoms with van der Waals surface area (Å²) in [6.45, 7) is 2.57. The number of phenolic OH excluding ortho intramolecular Hbond substituents is 1. The first-order chi connectivity index (χ1) is 12.2. The van der Waals surface area contributed by atoms with Gasteiger partial charge in [-0.1, -0.05) is 49.4 Å². The number of ether oxygens (including phenoxy) is 1. The van der Waals surface area contributed by atoms with Crippen LogP contribution in [-0.4, -0.2) is 5.11 Å². The van der Waals surface area contributed by atoms with Crippen LogP contribution in [0.2, 0.25) is 0 Å². The van der Waals surface area contributed by atoms with Crippen LogP contribution in [-0.2, 0) is 13.0 Å². The molecule has 4 heteroatoms. The number of aryl methyl sites for hydroxylation is 1. The SMILES string of the molecule is CCc1ccc(N=Nc2cc(OCc3ccccc3)ccc2O)cc1. The van der Waals surface area contributed by atoms with Gasteiger partial charge in [0.2, 0.25) is 0 Å². The third kappa shape index (κ3) is 4.67. The summed E-state index contributed by atoms with van der Waals surface area (Å²) in [5.74, 6) is 0.706. The highest BCUT2D eigenvalue weighted by atomic mass is 16.5. The third-order valence-corrected chi connectivity index (χ3v) is 3.81. The van der Waals surface area contributed by atoms with E-state index in [-0.39, 0.29) is 5.75 Å². The summed E-state index contributed by atoms with van der Waals surface area (Å²) in [6.07, 6.45) is 0.985. The lowest BCUT2D eigenvalue weighted by Gasteiger charge is -2.07. The second kappa shape index (κ2) is 8.11. The number of aromatic hydroxyl groups is 1. The summed E-state index contributed by atoms with van der Waals surface area (Å²) >= 11 is 0. The molecule has 25 heavy (non-hydrogen) atoms. The zero-order valence-electron chi connectivity index (χ0n) is 14.1. The summed E-state index contributed by atoms with van der Waals surface area (Å²) < 4.78 is 5.76. The second-order valence-electron chi connectivity index (χ2n) is 5.64. The van der Waals surface area contributed by atoms with E-state index in [0.29, 0.717) is 18.0 Å². The average molecular weight is 332 g/mol. The quantitative estimate of drug-likeness (QED) is 0.567. The summed E-state index contributed by atoms with van der Waals surface area (Å²) in [4.78, 5) is 0. The highest BCUT2D eigenvalue weighted by molar-refractivity contribution is 5.54. The van der Waals surface area contributed by atoms with Crippen molar-refractivity contribution in [3.05, 3.63) is 83.9 Å². The Labute approximate surface area is 147 Å². The third-order valence-electron chi connectivity index (χ3n) is 3.81.